The number of amides is 2. The van der Waals surface area contributed by atoms with Crippen molar-refractivity contribution in [2.45, 2.75) is 50.4 Å². The number of fused-ring (bicyclic) bond motifs is 1. The van der Waals surface area contributed by atoms with Crippen LogP contribution in [0.5, 0.6) is 0 Å². The molecule has 12 heteroatoms. The Balaban J connectivity index is 1.39. The molecular weight excluding hydrogens is 596 g/mol. The maximum atomic E-state index is 13.8. The maximum absolute atomic E-state index is 13.8. The van der Waals surface area contributed by atoms with Gasteiger partial charge >= 0.3 is 0 Å². The zero-order chi connectivity index (χ0) is 31.8. The number of carbonyl (C=O) groups is 3. The number of nitrogens with zero attached hydrogens (tertiary/aromatic N) is 2. The van der Waals surface area contributed by atoms with E-state index in [0.717, 1.165) is 5.56 Å². The molecule has 0 radical (unpaired) electrons. The summed E-state index contributed by atoms with van der Waals surface area (Å²) in [6, 6.07) is 18.9. The first-order chi connectivity index (χ1) is 21.7. The standard InChI is InChI=1S/C33H36N4O7S/c1-22-8-7-11-25(34-22)20-45(41,42)21-28(36-31(39)24-16-18-43-19-17-24)32(40)35-27(15-14-23-9-3-2-4-10-23)30(38)33-37-26-12-5-6-13-29(26)44-33/h2-13,24,27-28H,14-21H2,1H3,(H,35,40)(H,36,39)/t27-,28-/m0/s1. The molecule has 2 amide bonds. The Hall–Kier alpha value is -4.42. The van der Waals surface area contributed by atoms with Crippen LogP contribution < -0.4 is 10.6 Å². The van der Waals surface area contributed by atoms with Gasteiger partial charge in [0.2, 0.25) is 17.6 Å². The van der Waals surface area contributed by atoms with Gasteiger partial charge in [0.15, 0.2) is 15.4 Å². The third-order valence-corrected chi connectivity index (χ3v) is 9.24. The molecule has 0 saturated carbocycles. The second-order valence-electron chi connectivity index (χ2n) is 11.2. The molecule has 0 spiro atoms. The summed E-state index contributed by atoms with van der Waals surface area (Å²) in [6.45, 7) is 2.55. The molecule has 2 atom stereocenters. The van der Waals surface area contributed by atoms with Crippen LogP contribution in [0.3, 0.4) is 0 Å². The number of hydrogen-bond donors (Lipinski definition) is 2. The Morgan fingerprint density at radius 3 is 2.36 bits per heavy atom. The molecule has 0 aliphatic carbocycles. The van der Waals surface area contributed by atoms with Gasteiger partial charge in [0.25, 0.3) is 5.89 Å². The Morgan fingerprint density at radius 1 is 0.889 bits per heavy atom. The highest BCUT2D eigenvalue weighted by Crippen LogP contribution is 2.19. The first-order valence-corrected chi connectivity index (χ1v) is 16.7. The summed E-state index contributed by atoms with van der Waals surface area (Å²) in [4.78, 5) is 49.4. The van der Waals surface area contributed by atoms with Gasteiger partial charge in [-0.15, -0.1) is 0 Å². The van der Waals surface area contributed by atoms with Crippen molar-refractivity contribution < 1.29 is 32.0 Å². The summed E-state index contributed by atoms with van der Waals surface area (Å²) in [5, 5.41) is 5.39. The molecule has 5 rings (SSSR count). The fourth-order valence-corrected chi connectivity index (χ4v) is 6.75. The van der Waals surface area contributed by atoms with Gasteiger partial charge in [0.1, 0.15) is 11.6 Å². The highest BCUT2D eigenvalue weighted by molar-refractivity contribution is 7.90. The number of aryl methyl sites for hydroxylation is 2. The van der Waals surface area contributed by atoms with Crippen molar-refractivity contribution in [1.29, 1.82) is 0 Å². The van der Waals surface area contributed by atoms with E-state index in [2.05, 4.69) is 20.6 Å². The number of para-hydroxylation sites is 2. The van der Waals surface area contributed by atoms with E-state index in [0.29, 0.717) is 55.0 Å². The largest absolute Gasteiger partial charge is 0.434 e. The van der Waals surface area contributed by atoms with Gasteiger partial charge < -0.3 is 19.8 Å². The van der Waals surface area contributed by atoms with Crippen LogP contribution in [-0.2, 0) is 36.3 Å². The normalized spacial score (nSPS) is 15.3. The number of oxazole rings is 1. The average molecular weight is 633 g/mol. The molecule has 1 aliphatic rings. The van der Waals surface area contributed by atoms with E-state index >= 15 is 0 Å². The third kappa shape index (κ3) is 8.83. The molecule has 11 nitrogen and oxygen atoms in total. The zero-order valence-corrected chi connectivity index (χ0v) is 25.8. The van der Waals surface area contributed by atoms with E-state index in [1.54, 1.807) is 49.4 Å². The van der Waals surface area contributed by atoms with Gasteiger partial charge in [-0.3, -0.25) is 19.4 Å². The number of benzene rings is 2. The lowest BCUT2D eigenvalue weighted by Crippen LogP contribution is -2.55. The van der Waals surface area contributed by atoms with Gasteiger partial charge in [-0.05, 0) is 62.4 Å². The molecule has 0 unspecified atom stereocenters. The van der Waals surface area contributed by atoms with E-state index in [9.17, 15) is 22.8 Å². The highest BCUT2D eigenvalue weighted by Gasteiger charge is 2.34. The molecular formula is C33H36N4O7S. The monoisotopic (exact) mass is 632 g/mol. The van der Waals surface area contributed by atoms with Gasteiger partial charge in [0, 0.05) is 24.8 Å². The van der Waals surface area contributed by atoms with Gasteiger partial charge in [0.05, 0.1) is 23.2 Å². The lowest BCUT2D eigenvalue weighted by Gasteiger charge is -2.26. The van der Waals surface area contributed by atoms with Gasteiger partial charge in [-0.2, -0.15) is 0 Å². The van der Waals surface area contributed by atoms with Gasteiger partial charge in [-0.1, -0.05) is 48.5 Å². The summed E-state index contributed by atoms with van der Waals surface area (Å²) in [7, 11) is -3.93. The molecule has 3 heterocycles. The van der Waals surface area contributed by atoms with Gasteiger partial charge in [-0.25, -0.2) is 13.4 Å². The second kappa shape index (κ2) is 14.6. The first-order valence-electron chi connectivity index (χ1n) is 14.9. The van der Waals surface area contributed by atoms with Crippen molar-refractivity contribution in [2.24, 2.45) is 5.92 Å². The second-order valence-corrected chi connectivity index (χ2v) is 13.3. The number of ketones is 1. The van der Waals surface area contributed by atoms with E-state index in [-0.39, 0.29) is 12.3 Å². The SMILES string of the molecule is Cc1cccc(CS(=O)(=O)C[C@H](NC(=O)C2CCOCC2)C(=O)N[C@@H](CCc2ccccc2)C(=O)c2nc3ccccc3o2)n1. The molecule has 4 aromatic rings. The number of aromatic nitrogens is 2. The number of nitrogens with one attached hydrogen (secondary N) is 2. The Bertz CT molecular complexity index is 1720. The van der Waals surface area contributed by atoms with Crippen molar-refractivity contribution in [3.8, 4) is 0 Å². The molecule has 1 aliphatic heterocycles. The summed E-state index contributed by atoms with van der Waals surface area (Å²) < 4.78 is 37.8. The number of sulfone groups is 1. The third-order valence-electron chi connectivity index (χ3n) is 7.66. The lowest BCUT2D eigenvalue weighted by atomic mass is 9.99. The number of pyridine rings is 1. The molecule has 2 N–H and O–H groups in total. The topological polar surface area (TPSA) is 158 Å². The van der Waals surface area contributed by atoms with Crippen molar-refractivity contribution in [3.63, 3.8) is 0 Å². The molecule has 1 saturated heterocycles. The Morgan fingerprint density at radius 2 is 1.62 bits per heavy atom. The molecule has 2 aromatic heterocycles. The number of ether oxygens (including phenoxy) is 1. The van der Waals surface area contributed by atoms with Crippen LogP contribution in [-0.4, -0.2) is 67.0 Å². The van der Waals surface area contributed by atoms with Crippen LogP contribution in [0.15, 0.2) is 77.2 Å². The molecule has 45 heavy (non-hydrogen) atoms. The molecule has 0 bridgehead atoms. The van der Waals surface area contributed by atoms with Crippen LogP contribution >= 0.6 is 0 Å². The summed E-state index contributed by atoms with van der Waals surface area (Å²) in [5.74, 6) is -3.47. The fraction of sp³-hybridized carbons (Fsp3) is 0.364. The number of carbonyl (C=O) groups excluding carboxylic acids is 3. The van der Waals surface area contributed by atoms with Crippen LogP contribution in [0.25, 0.3) is 11.1 Å². The predicted octanol–water partition coefficient (Wildman–Crippen LogP) is 3.36. The first kappa shape index (κ1) is 32.0. The number of hydrogen-bond acceptors (Lipinski definition) is 9. The summed E-state index contributed by atoms with van der Waals surface area (Å²) in [6.07, 6.45) is 1.54. The number of rotatable bonds is 13. The summed E-state index contributed by atoms with van der Waals surface area (Å²) in [5.41, 5.74) is 2.85. The molecule has 236 valence electrons. The van der Waals surface area contributed by atoms with Crippen molar-refractivity contribution in [2.75, 3.05) is 19.0 Å². The van der Waals surface area contributed by atoms with Crippen LogP contribution in [0, 0.1) is 12.8 Å². The van der Waals surface area contributed by atoms with E-state index in [4.69, 9.17) is 9.15 Å². The minimum absolute atomic E-state index is 0.171. The van der Waals surface area contributed by atoms with E-state index < -0.39 is 56.9 Å². The fourth-order valence-electron chi connectivity index (χ4n) is 5.27. The summed E-state index contributed by atoms with van der Waals surface area (Å²) >= 11 is 0. The van der Waals surface area contributed by atoms with Crippen molar-refractivity contribution in [1.82, 2.24) is 20.6 Å². The van der Waals surface area contributed by atoms with Crippen LogP contribution in [0.1, 0.15) is 46.9 Å². The Kier molecular flexibility index (Phi) is 10.4. The smallest absolute Gasteiger partial charge is 0.266 e. The van der Waals surface area contributed by atoms with E-state index in [1.807, 2.05) is 30.3 Å². The molecule has 1 fully saturated rings. The predicted molar refractivity (Wildman–Crippen MR) is 167 cm³/mol. The highest BCUT2D eigenvalue weighted by atomic mass is 32.2. The minimum Gasteiger partial charge on any atom is -0.434 e. The minimum atomic E-state index is -3.93. The quantitative estimate of drug-likeness (QED) is 0.211. The zero-order valence-electron chi connectivity index (χ0n) is 25.0. The lowest BCUT2D eigenvalue weighted by molar-refractivity contribution is -0.132. The maximum Gasteiger partial charge on any atom is 0.266 e. The molecule has 2 aromatic carbocycles. The van der Waals surface area contributed by atoms with E-state index in [1.165, 1.54) is 0 Å². The average Bonchev–Trinajstić information content (AvgIpc) is 3.47. The van der Waals surface area contributed by atoms with Crippen LogP contribution in [0.2, 0.25) is 0 Å². The number of Topliss-reactive ketones (excluding diaryl/α,β-unsaturated/α-hetero) is 1. The Labute approximate surface area is 261 Å². The van der Waals surface area contributed by atoms with Crippen molar-refractivity contribution >= 4 is 38.5 Å². The van der Waals surface area contributed by atoms with Crippen molar-refractivity contribution in [3.05, 3.63) is 95.6 Å². The van der Waals surface area contributed by atoms with Crippen LogP contribution in [0.4, 0.5) is 0 Å².